The minimum Gasteiger partial charge on any atom is -0.480 e. The van der Waals surface area contributed by atoms with Crippen molar-refractivity contribution in [3.63, 3.8) is 0 Å². The van der Waals surface area contributed by atoms with Crippen LogP contribution in [0.15, 0.2) is 38.4 Å². The van der Waals surface area contributed by atoms with Crippen molar-refractivity contribution in [3.05, 3.63) is 56.1 Å². The largest absolute Gasteiger partial charge is 0.480 e. The molecule has 1 atom stereocenters. The number of aromatic nitrogens is 2. The van der Waals surface area contributed by atoms with Gasteiger partial charge in [-0.3, -0.25) is 18.7 Å². The van der Waals surface area contributed by atoms with E-state index in [9.17, 15) is 23.0 Å². The average Bonchev–Trinajstić information content (AvgIpc) is 2.55. The van der Waals surface area contributed by atoms with E-state index in [0.29, 0.717) is 4.57 Å². The quantitative estimate of drug-likeness (QED) is 0.723. The van der Waals surface area contributed by atoms with E-state index in [0.717, 1.165) is 23.0 Å². The van der Waals surface area contributed by atoms with Gasteiger partial charge in [0.2, 0.25) is 0 Å². The molecule has 138 valence electrons. The van der Waals surface area contributed by atoms with Crippen LogP contribution in [0, 0.1) is 5.82 Å². The highest BCUT2D eigenvalue weighted by atomic mass is 35.5. The van der Waals surface area contributed by atoms with Crippen LogP contribution in [0.5, 0.6) is 0 Å². The maximum absolute atomic E-state index is 13.7. The molecule has 1 N–H and O–H groups in total. The third-order valence-electron chi connectivity index (χ3n) is 3.27. The number of nitrogens with zero attached hydrogens (tertiary/aromatic N) is 3. The summed E-state index contributed by atoms with van der Waals surface area (Å²) < 4.78 is 29.8. The Balaban J connectivity index is 2.74. The van der Waals surface area contributed by atoms with Gasteiger partial charge in [0, 0.05) is 24.2 Å². The monoisotopic (exact) mass is 401 g/mol. The SMILES string of the molecule is CS(=O)N=CCn1c(=O)c(-c2cccc(F)c2Cl)cn(CC(=O)O)c1=O. The summed E-state index contributed by atoms with van der Waals surface area (Å²) in [6.45, 7) is -1.05. The minimum atomic E-state index is -1.53. The molecule has 11 heteroatoms. The topological polar surface area (TPSA) is 111 Å². The molecule has 1 heterocycles. The highest BCUT2D eigenvalue weighted by Gasteiger charge is 2.17. The predicted molar refractivity (Wildman–Crippen MR) is 95.6 cm³/mol. The summed E-state index contributed by atoms with van der Waals surface area (Å²) in [4.78, 5) is 36.0. The number of aliphatic carboxylic acids is 1. The molecule has 0 fully saturated rings. The van der Waals surface area contributed by atoms with Crippen molar-refractivity contribution in [2.45, 2.75) is 13.1 Å². The third-order valence-corrected chi connectivity index (χ3v) is 4.10. The molecule has 0 spiro atoms. The zero-order valence-electron chi connectivity index (χ0n) is 13.4. The number of hydrogen-bond acceptors (Lipinski definition) is 4. The first-order valence-corrected chi connectivity index (χ1v) is 8.98. The van der Waals surface area contributed by atoms with Gasteiger partial charge in [-0.1, -0.05) is 23.7 Å². The van der Waals surface area contributed by atoms with Crippen molar-refractivity contribution < 1.29 is 18.5 Å². The molecule has 0 aliphatic rings. The van der Waals surface area contributed by atoms with Gasteiger partial charge in [0.15, 0.2) is 0 Å². The van der Waals surface area contributed by atoms with Crippen LogP contribution in [0.3, 0.4) is 0 Å². The maximum Gasteiger partial charge on any atom is 0.331 e. The lowest BCUT2D eigenvalue weighted by Crippen LogP contribution is -2.41. The zero-order valence-corrected chi connectivity index (χ0v) is 15.0. The molecule has 0 radical (unpaired) electrons. The molecule has 1 aromatic heterocycles. The molecule has 0 aliphatic heterocycles. The molecular weight excluding hydrogens is 389 g/mol. The number of benzene rings is 1. The number of rotatable bonds is 6. The zero-order chi connectivity index (χ0) is 19.4. The van der Waals surface area contributed by atoms with Crippen LogP contribution in [-0.4, -0.2) is 36.9 Å². The van der Waals surface area contributed by atoms with Gasteiger partial charge in [-0.2, -0.15) is 4.40 Å². The number of carboxylic acids is 1. The summed E-state index contributed by atoms with van der Waals surface area (Å²) in [6, 6.07) is 3.80. The van der Waals surface area contributed by atoms with Crippen LogP contribution in [0.4, 0.5) is 4.39 Å². The van der Waals surface area contributed by atoms with E-state index < -0.39 is 40.6 Å². The van der Waals surface area contributed by atoms with Gasteiger partial charge >= 0.3 is 11.7 Å². The highest BCUT2D eigenvalue weighted by molar-refractivity contribution is 7.83. The summed E-state index contributed by atoms with van der Waals surface area (Å²) in [7, 11) is -1.53. The molecule has 0 saturated carbocycles. The van der Waals surface area contributed by atoms with Gasteiger partial charge in [0.25, 0.3) is 5.56 Å². The molecule has 0 aliphatic carbocycles. The minimum absolute atomic E-state index is 0.0144. The molecule has 1 unspecified atom stereocenters. The molecule has 26 heavy (non-hydrogen) atoms. The molecule has 1 aromatic carbocycles. The Morgan fingerprint density at radius 2 is 2.08 bits per heavy atom. The maximum atomic E-state index is 13.7. The Morgan fingerprint density at radius 3 is 2.69 bits per heavy atom. The Bertz CT molecular complexity index is 1030. The van der Waals surface area contributed by atoms with Crippen molar-refractivity contribution in [1.82, 2.24) is 9.13 Å². The normalized spacial score (nSPS) is 12.4. The predicted octanol–water partition coefficient (Wildman–Crippen LogP) is 0.918. The molecule has 0 bridgehead atoms. The molecule has 2 aromatic rings. The van der Waals surface area contributed by atoms with Gasteiger partial charge in [0.05, 0.1) is 17.1 Å². The second-order valence-corrected chi connectivity index (χ2v) is 6.51. The molecule has 0 saturated heterocycles. The van der Waals surface area contributed by atoms with E-state index in [1.165, 1.54) is 18.4 Å². The molecular formula is C15H13ClFN3O5S. The van der Waals surface area contributed by atoms with Gasteiger partial charge in [-0.25, -0.2) is 13.4 Å². The Morgan fingerprint density at radius 1 is 1.38 bits per heavy atom. The van der Waals surface area contributed by atoms with Gasteiger partial charge in [-0.05, 0) is 6.07 Å². The Hall–Kier alpha value is -2.59. The first-order chi connectivity index (χ1) is 12.2. The van der Waals surface area contributed by atoms with Crippen LogP contribution in [-0.2, 0) is 28.9 Å². The van der Waals surface area contributed by atoms with Gasteiger partial charge in [0.1, 0.15) is 23.3 Å². The van der Waals surface area contributed by atoms with E-state index in [-0.39, 0.29) is 22.7 Å². The molecule has 8 nitrogen and oxygen atoms in total. The first-order valence-electron chi connectivity index (χ1n) is 7.09. The van der Waals surface area contributed by atoms with Crippen LogP contribution >= 0.6 is 11.6 Å². The van der Waals surface area contributed by atoms with E-state index in [1.807, 2.05) is 0 Å². The number of carbonyl (C=O) groups is 1. The van der Waals surface area contributed by atoms with Gasteiger partial charge < -0.3 is 5.11 Å². The first kappa shape index (κ1) is 19.7. The van der Waals surface area contributed by atoms with Crippen LogP contribution in [0.1, 0.15) is 0 Å². The van der Waals surface area contributed by atoms with Crippen LogP contribution in [0.2, 0.25) is 5.02 Å². The highest BCUT2D eigenvalue weighted by Crippen LogP contribution is 2.27. The summed E-state index contributed by atoms with van der Waals surface area (Å²) in [5.74, 6) is -2.08. The van der Waals surface area contributed by atoms with Crippen molar-refractivity contribution in [2.24, 2.45) is 4.40 Å². The van der Waals surface area contributed by atoms with Crippen LogP contribution in [0.25, 0.3) is 11.1 Å². The third kappa shape index (κ3) is 4.33. The lowest BCUT2D eigenvalue weighted by Gasteiger charge is -2.12. The fraction of sp³-hybridized carbons (Fsp3) is 0.200. The Kier molecular flexibility index (Phi) is 6.22. The summed E-state index contributed by atoms with van der Waals surface area (Å²) >= 11 is 5.90. The number of hydrogen-bond donors (Lipinski definition) is 1. The fourth-order valence-electron chi connectivity index (χ4n) is 2.19. The summed E-state index contributed by atoms with van der Waals surface area (Å²) in [6.07, 6.45) is 3.41. The van der Waals surface area contributed by atoms with Gasteiger partial charge in [-0.15, -0.1) is 0 Å². The summed E-state index contributed by atoms with van der Waals surface area (Å²) in [5.41, 5.74) is -1.85. The summed E-state index contributed by atoms with van der Waals surface area (Å²) in [5, 5.41) is 8.63. The van der Waals surface area contributed by atoms with Crippen molar-refractivity contribution in [1.29, 1.82) is 0 Å². The van der Waals surface area contributed by atoms with E-state index in [2.05, 4.69) is 4.40 Å². The van der Waals surface area contributed by atoms with E-state index in [4.69, 9.17) is 16.7 Å². The number of halogens is 2. The second-order valence-electron chi connectivity index (χ2n) is 5.08. The fourth-order valence-corrected chi connectivity index (χ4v) is 2.69. The lowest BCUT2D eigenvalue weighted by molar-refractivity contribution is -0.137. The molecule has 0 amide bonds. The van der Waals surface area contributed by atoms with Crippen LogP contribution < -0.4 is 11.2 Å². The van der Waals surface area contributed by atoms with E-state index in [1.54, 1.807) is 0 Å². The van der Waals surface area contributed by atoms with Crippen molar-refractivity contribution in [2.75, 3.05) is 6.26 Å². The smallest absolute Gasteiger partial charge is 0.331 e. The average molecular weight is 402 g/mol. The van der Waals surface area contributed by atoms with Crippen molar-refractivity contribution >= 4 is 34.8 Å². The standard InChI is InChI=1S/C15H13ClFN3O5S/c1-26(25)18-5-6-20-14(23)10(7-19(15(20)24)8-12(21)22)9-3-2-4-11(17)13(9)16/h2-5,7H,6,8H2,1H3,(H,21,22). The molecule has 2 rings (SSSR count). The lowest BCUT2D eigenvalue weighted by atomic mass is 10.1. The van der Waals surface area contributed by atoms with E-state index >= 15 is 0 Å². The second kappa shape index (κ2) is 8.19. The number of carboxylic acid groups (broad SMARTS) is 1. The van der Waals surface area contributed by atoms with Crippen molar-refractivity contribution in [3.8, 4) is 11.1 Å². The Labute approximate surface area is 153 Å².